The molecule has 1 aromatic carbocycles. The fraction of sp³-hybridized carbons (Fsp3) is 0.529. The lowest BCUT2D eigenvalue weighted by Gasteiger charge is -2.06. The summed E-state index contributed by atoms with van der Waals surface area (Å²) in [6.45, 7) is 3.08. The van der Waals surface area contributed by atoms with Crippen molar-refractivity contribution in [2.24, 2.45) is 0 Å². The van der Waals surface area contributed by atoms with Crippen molar-refractivity contribution in [1.29, 1.82) is 0 Å². The molecule has 0 aromatic heterocycles. The molecule has 1 nitrogen and oxygen atoms in total. The molecule has 0 aliphatic heterocycles. The fourth-order valence-electron chi connectivity index (χ4n) is 1.94. The quantitative estimate of drug-likeness (QED) is 0.447. The van der Waals surface area contributed by atoms with Gasteiger partial charge in [-0.1, -0.05) is 63.3 Å². The van der Waals surface area contributed by atoms with Gasteiger partial charge in [0.05, 0.1) is 6.61 Å². The second-order valence-electron chi connectivity index (χ2n) is 4.77. The summed E-state index contributed by atoms with van der Waals surface area (Å²) in [5, 5.41) is 0. The first-order valence-electron chi connectivity index (χ1n) is 7.37. The van der Waals surface area contributed by atoms with Gasteiger partial charge in [0, 0.05) is 5.75 Å². The van der Waals surface area contributed by atoms with Crippen LogP contribution >= 0.6 is 12.6 Å². The number of hydrogen-bond acceptors (Lipinski definition) is 2. The van der Waals surface area contributed by atoms with E-state index in [2.05, 4.69) is 37.8 Å². The Morgan fingerprint density at radius 3 is 2.37 bits per heavy atom. The van der Waals surface area contributed by atoms with E-state index in [0.29, 0.717) is 0 Å². The highest BCUT2D eigenvalue weighted by molar-refractivity contribution is 7.80. The van der Waals surface area contributed by atoms with Gasteiger partial charge in [-0.15, -0.1) is 0 Å². The van der Waals surface area contributed by atoms with Crippen LogP contribution in [0.5, 0.6) is 5.75 Å². The van der Waals surface area contributed by atoms with Crippen LogP contribution in [0.25, 0.3) is 6.08 Å². The Hall–Kier alpha value is -0.890. The lowest BCUT2D eigenvalue weighted by Crippen LogP contribution is -1.97. The minimum Gasteiger partial charge on any atom is -0.494 e. The molecule has 0 fully saturated rings. The molecule has 0 radical (unpaired) electrons. The molecule has 0 bridgehead atoms. The van der Waals surface area contributed by atoms with Crippen LogP contribution in [-0.4, -0.2) is 12.4 Å². The van der Waals surface area contributed by atoms with Gasteiger partial charge < -0.3 is 4.74 Å². The van der Waals surface area contributed by atoms with E-state index in [1.165, 1.54) is 37.7 Å². The van der Waals surface area contributed by atoms with Crippen molar-refractivity contribution in [3.8, 4) is 5.75 Å². The summed E-state index contributed by atoms with van der Waals surface area (Å²) in [6.07, 6.45) is 11.9. The first-order valence-corrected chi connectivity index (χ1v) is 8.00. The summed E-state index contributed by atoms with van der Waals surface area (Å²) in [5.74, 6) is 1.74. The lowest BCUT2D eigenvalue weighted by atomic mass is 10.1. The molecule has 106 valence electrons. The van der Waals surface area contributed by atoms with Crippen LogP contribution in [0.1, 0.15) is 51.0 Å². The Morgan fingerprint density at radius 2 is 1.68 bits per heavy atom. The first-order chi connectivity index (χ1) is 9.36. The molecule has 0 atom stereocenters. The summed E-state index contributed by atoms with van der Waals surface area (Å²) in [7, 11) is 0. The molecular formula is C17H26OS. The molecule has 0 spiro atoms. The van der Waals surface area contributed by atoms with Gasteiger partial charge in [-0.25, -0.2) is 0 Å². The number of benzene rings is 1. The van der Waals surface area contributed by atoms with Crippen molar-refractivity contribution in [3.05, 3.63) is 35.9 Å². The zero-order chi connectivity index (χ0) is 13.8. The summed E-state index contributed by atoms with van der Waals surface area (Å²) in [4.78, 5) is 0. The summed E-state index contributed by atoms with van der Waals surface area (Å²) in [6, 6.07) is 8.23. The van der Waals surface area contributed by atoms with Crippen LogP contribution in [0.4, 0.5) is 0 Å². The Labute approximate surface area is 123 Å². The van der Waals surface area contributed by atoms with E-state index in [1.807, 2.05) is 18.2 Å². The Morgan fingerprint density at radius 1 is 1.00 bits per heavy atom. The van der Waals surface area contributed by atoms with E-state index in [1.54, 1.807) is 0 Å². The van der Waals surface area contributed by atoms with Crippen molar-refractivity contribution in [2.45, 2.75) is 45.4 Å². The van der Waals surface area contributed by atoms with Gasteiger partial charge in [-0.2, -0.15) is 12.6 Å². The van der Waals surface area contributed by atoms with Gasteiger partial charge in [-0.05, 0) is 24.1 Å². The van der Waals surface area contributed by atoms with E-state index in [-0.39, 0.29) is 0 Å². The molecule has 0 aliphatic rings. The monoisotopic (exact) mass is 278 g/mol. The lowest BCUT2D eigenvalue weighted by molar-refractivity contribution is 0.304. The highest BCUT2D eigenvalue weighted by Gasteiger charge is 1.94. The second-order valence-corrected chi connectivity index (χ2v) is 5.14. The van der Waals surface area contributed by atoms with Crippen molar-refractivity contribution in [2.75, 3.05) is 12.4 Å². The molecule has 2 heteroatoms. The van der Waals surface area contributed by atoms with Gasteiger partial charge in [0.1, 0.15) is 5.75 Å². The molecule has 0 N–H and O–H groups in total. The number of ether oxygens (including phenoxy) is 1. The zero-order valence-corrected chi connectivity index (χ0v) is 12.9. The van der Waals surface area contributed by atoms with Gasteiger partial charge >= 0.3 is 0 Å². The van der Waals surface area contributed by atoms with Crippen molar-refractivity contribution in [3.63, 3.8) is 0 Å². The normalized spacial score (nSPS) is 11.1. The van der Waals surface area contributed by atoms with Gasteiger partial charge in [0.15, 0.2) is 0 Å². The number of thiol groups is 1. The molecule has 0 saturated heterocycles. The van der Waals surface area contributed by atoms with Crippen LogP contribution < -0.4 is 4.74 Å². The van der Waals surface area contributed by atoms with Crippen LogP contribution in [0.3, 0.4) is 0 Å². The average Bonchev–Trinajstić information content (AvgIpc) is 2.45. The standard InChI is InChI=1S/C17H26OS/c1-2-3-4-5-6-7-14-18-17-12-10-16(11-13-17)9-8-15-19/h8-13,19H,2-7,14-15H2,1H3. The molecule has 0 aliphatic carbocycles. The van der Waals surface area contributed by atoms with Gasteiger partial charge in [0.25, 0.3) is 0 Å². The minimum absolute atomic E-state index is 0.774. The maximum Gasteiger partial charge on any atom is 0.119 e. The maximum absolute atomic E-state index is 5.73. The molecule has 1 aromatic rings. The van der Waals surface area contributed by atoms with E-state index in [9.17, 15) is 0 Å². The Balaban J connectivity index is 2.14. The van der Waals surface area contributed by atoms with E-state index >= 15 is 0 Å². The molecule has 19 heavy (non-hydrogen) atoms. The van der Waals surface area contributed by atoms with Crippen LogP contribution in [0.15, 0.2) is 30.3 Å². The fourth-order valence-corrected chi connectivity index (χ4v) is 2.04. The molecule has 0 amide bonds. The number of unbranched alkanes of at least 4 members (excludes halogenated alkanes) is 5. The molecule has 0 saturated carbocycles. The third kappa shape index (κ3) is 7.99. The number of rotatable bonds is 10. The topological polar surface area (TPSA) is 9.23 Å². The Kier molecular flexibility index (Phi) is 9.34. The second kappa shape index (κ2) is 11.0. The first kappa shape index (κ1) is 16.2. The van der Waals surface area contributed by atoms with Crippen molar-refractivity contribution >= 4 is 18.7 Å². The highest BCUT2D eigenvalue weighted by Crippen LogP contribution is 2.14. The molecular weight excluding hydrogens is 252 g/mol. The third-order valence-corrected chi connectivity index (χ3v) is 3.27. The molecule has 1 rings (SSSR count). The Bertz CT molecular complexity index is 343. The van der Waals surface area contributed by atoms with Gasteiger partial charge in [-0.3, -0.25) is 0 Å². The SMILES string of the molecule is CCCCCCCCOc1ccc(C=CCS)cc1. The number of hydrogen-bond donors (Lipinski definition) is 1. The summed E-state index contributed by atoms with van der Waals surface area (Å²) >= 11 is 4.15. The van der Waals surface area contributed by atoms with Crippen LogP contribution in [-0.2, 0) is 0 Å². The largest absolute Gasteiger partial charge is 0.494 e. The predicted molar refractivity (Wildman–Crippen MR) is 88.2 cm³/mol. The molecule has 0 heterocycles. The maximum atomic E-state index is 5.73. The summed E-state index contributed by atoms with van der Waals surface area (Å²) < 4.78 is 5.73. The minimum atomic E-state index is 0.774. The van der Waals surface area contributed by atoms with E-state index in [4.69, 9.17) is 4.74 Å². The average molecular weight is 278 g/mol. The summed E-state index contributed by atoms with van der Waals surface area (Å²) in [5.41, 5.74) is 1.20. The van der Waals surface area contributed by atoms with E-state index in [0.717, 1.165) is 24.5 Å². The zero-order valence-electron chi connectivity index (χ0n) is 12.0. The smallest absolute Gasteiger partial charge is 0.119 e. The molecule has 0 unspecified atom stereocenters. The highest BCUT2D eigenvalue weighted by atomic mass is 32.1. The van der Waals surface area contributed by atoms with Gasteiger partial charge in [0.2, 0.25) is 0 Å². The van der Waals surface area contributed by atoms with Crippen molar-refractivity contribution < 1.29 is 4.74 Å². The van der Waals surface area contributed by atoms with Crippen LogP contribution in [0, 0.1) is 0 Å². The predicted octanol–water partition coefficient (Wildman–Crippen LogP) is 5.37. The van der Waals surface area contributed by atoms with Crippen LogP contribution in [0.2, 0.25) is 0 Å². The third-order valence-electron chi connectivity index (χ3n) is 3.06. The van der Waals surface area contributed by atoms with Crippen molar-refractivity contribution in [1.82, 2.24) is 0 Å². The van der Waals surface area contributed by atoms with E-state index < -0.39 is 0 Å².